The fraction of sp³-hybridized carbons (Fsp3) is 0.545. The molecule has 5 rings (SSSR count). The zero-order valence-electron chi connectivity index (χ0n) is 15.8. The van der Waals surface area contributed by atoms with E-state index < -0.39 is 0 Å². The van der Waals surface area contributed by atoms with Gasteiger partial charge in [0.2, 0.25) is 0 Å². The van der Waals surface area contributed by atoms with Crippen molar-refractivity contribution < 1.29 is 4.79 Å². The maximum atomic E-state index is 13.5. The van der Waals surface area contributed by atoms with Crippen LogP contribution in [0, 0.1) is 18.3 Å². The Morgan fingerprint density at radius 3 is 2.92 bits per heavy atom. The van der Waals surface area contributed by atoms with Gasteiger partial charge in [0.1, 0.15) is 11.6 Å². The van der Waals surface area contributed by atoms with Crippen molar-refractivity contribution in [2.24, 2.45) is 11.3 Å². The molecule has 3 nitrogen and oxygen atoms in total. The molecule has 136 valence electrons. The summed E-state index contributed by atoms with van der Waals surface area (Å²) in [5, 5.41) is 4.78. The molecule has 4 heteroatoms. The van der Waals surface area contributed by atoms with E-state index in [-0.39, 0.29) is 22.8 Å². The number of aromatic nitrogens is 1. The van der Waals surface area contributed by atoms with Crippen LogP contribution < -0.4 is 5.32 Å². The van der Waals surface area contributed by atoms with E-state index in [1.807, 2.05) is 0 Å². The van der Waals surface area contributed by atoms with E-state index in [2.05, 4.69) is 50.4 Å². The van der Waals surface area contributed by atoms with Crippen LogP contribution in [0.25, 0.3) is 0 Å². The van der Waals surface area contributed by atoms with Crippen LogP contribution in [0.1, 0.15) is 60.5 Å². The molecule has 3 unspecified atom stereocenters. The van der Waals surface area contributed by atoms with Crippen LogP contribution in [0.5, 0.6) is 0 Å². The summed E-state index contributed by atoms with van der Waals surface area (Å²) in [5.41, 5.74) is 2.69. The number of hydrogen-bond donors (Lipinski definition) is 1. The lowest BCUT2D eigenvalue weighted by atomic mass is 9.53. The fourth-order valence-corrected chi connectivity index (χ4v) is 7.07. The molecule has 1 N–H and O–H groups in total. The molecule has 26 heavy (non-hydrogen) atoms. The molecule has 3 atom stereocenters. The van der Waals surface area contributed by atoms with Gasteiger partial charge in [-0.3, -0.25) is 4.79 Å². The number of thiazole rings is 1. The molecule has 1 aromatic carbocycles. The standard InChI is InChI=1S/C22H26N2OS/c1-13-23-20-19(26-13)22(10-6-8-14-7-4-5-9-15(14)22)18-16(24-20)11-21(2,3)12-17(18)25/h4-5,7,9,16,18,24H,6,8,10-12H2,1-3H3. The second kappa shape index (κ2) is 5.41. The van der Waals surface area contributed by atoms with E-state index in [1.165, 1.54) is 16.0 Å². The second-order valence-electron chi connectivity index (χ2n) is 9.13. The van der Waals surface area contributed by atoms with Crippen molar-refractivity contribution in [1.82, 2.24) is 4.98 Å². The zero-order chi connectivity index (χ0) is 18.1. The van der Waals surface area contributed by atoms with Crippen molar-refractivity contribution in [2.75, 3.05) is 5.32 Å². The molecule has 1 spiro atoms. The third kappa shape index (κ3) is 2.17. The van der Waals surface area contributed by atoms with Gasteiger partial charge in [-0.2, -0.15) is 0 Å². The van der Waals surface area contributed by atoms with E-state index in [9.17, 15) is 4.79 Å². The molecule has 3 aliphatic rings. The Balaban J connectivity index is 1.79. The average Bonchev–Trinajstić information content (AvgIpc) is 2.94. The number of carbonyl (C=O) groups is 1. The van der Waals surface area contributed by atoms with E-state index >= 15 is 0 Å². The first kappa shape index (κ1) is 16.5. The SMILES string of the molecule is Cc1nc2c(s1)C1(CCCc3ccccc31)C1C(=O)CC(C)(C)CC1N2. The molecule has 1 aliphatic heterocycles. The van der Waals surface area contributed by atoms with E-state index in [1.54, 1.807) is 11.3 Å². The molecule has 1 fully saturated rings. The molecule has 2 aromatic rings. The van der Waals surface area contributed by atoms with Gasteiger partial charge in [-0.25, -0.2) is 4.98 Å². The number of aryl methyl sites for hydroxylation is 2. The monoisotopic (exact) mass is 366 g/mol. The van der Waals surface area contributed by atoms with Gasteiger partial charge < -0.3 is 5.32 Å². The van der Waals surface area contributed by atoms with E-state index in [0.29, 0.717) is 12.2 Å². The predicted molar refractivity (Wildman–Crippen MR) is 106 cm³/mol. The predicted octanol–water partition coefficient (Wildman–Crippen LogP) is 4.87. The highest BCUT2D eigenvalue weighted by molar-refractivity contribution is 7.12. The summed E-state index contributed by atoms with van der Waals surface area (Å²) < 4.78 is 0. The zero-order valence-corrected chi connectivity index (χ0v) is 16.6. The summed E-state index contributed by atoms with van der Waals surface area (Å²) in [5.74, 6) is 1.51. The Labute approximate surface area is 159 Å². The van der Waals surface area contributed by atoms with Crippen LogP contribution in [0.15, 0.2) is 24.3 Å². The summed E-state index contributed by atoms with van der Waals surface area (Å²) in [6.45, 7) is 6.54. The second-order valence-corrected chi connectivity index (χ2v) is 10.3. The summed E-state index contributed by atoms with van der Waals surface area (Å²) in [4.78, 5) is 19.6. The van der Waals surface area contributed by atoms with Crippen LogP contribution in [-0.2, 0) is 16.6 Å². The molecular weight excluding hydrogens is 340 g/mol. The van der Waals surface area contributed by atoms with Gasteiger partial charge in [0.15, 0.2) is 0 Å². The Morgan fingerprint density at radius 2 is 2.08 bits per heavy atom. The van der Waals surface area contributed by atoms with Crippen molar-refractivity contribution in [3.05, 3.63) is 45.3 Å². The van der Waals surface area contributed by atoms with Gasteiger partial charge in [-0.05, 0) is 49.1 Å². The quantitative estimate of drug-likeness (QED) is 0.723. The minimum Gasteiger partial charge on any atom is -0.366 e. The normalized spacial score (nSPS) is 31.7. The van der Waals surface area contributed by atoms with Gasteiger partial charge in [0.25, 0.3) is 0 Å². The molecule has 2 aliphatic carbocycles. The number of rotatable bonds is 0. The largest absolute Gasteiger partial charge is 0.366 e. The fourth-order valence-electron chi connectivity index (χ4n) is 5.91. The summed E-state index contributed by atoms with van der Waals surface area (Å²) >= 11 is 1.79. The van der Waals surface area contributed by atoms with Crippen LogP contribution in [-0.4, -0.2) is 16.8 Å². The average molecular weight is 367 g/mol. The number of ketones is 1. The minimum atomic E-state index is -0.181. The third-order valence-corrected chi connectivity index (χ3v) is 7.83. The lowest BCUT2D eigenvalue weighted by Gasteiger charge is -2.54. The summed E-state index contributed by atoms with van der Waals surface area (Å²) in [6, 6.07) is 9.02. The number of fused-ring (bicyclic) bond motifs is 6. The Bertz CT molecular complexity index is 899. The molecule has 2 heterocycles. The number of carbonyl (C=O) groups excluding carboxylic acids is 1. The Morgan fingerprint density at radius 1 is 1.27 bits per heavy atom. The van der Waals surface area contributed by atoms with Gasteiger partial charge in [-0.15, -0.1) is 11.3 Å². The lowest BCUT2D eigenvalue weighted by molar-refractivity contribution is -0.131. The Kier molecular flexibility index (Phi) is 3.43. The van der Waals surface area contributed by atoms with E-state index in [0.717, 1.165) is 36.5 Å². The van der Waals surface area contributed by atoms with Gasteiger partial charge >= 0.3 is 0 Å². The molecule has 1 saturated carbocycles. The van der Waals surface area contributed by atoms with Crippen molar-refractivity contribution in [2.45, 2.75) is 64.3 Å². The number of nitrogens with one attached hydrogen (secondary N) is 1. The Hall–Kier alpha value is -1.68. The number of anilines is 1. The highest BCUT2D eigenvalue weighted by Gasteiger charge is 2.58. The highest BCUT2D eigenvalue weighted by Crippen LogP contribution is 2.59. The first-order chi connectivity index (χ1) is 12.4. The molecule has 1 aromatic heterocycles. The highest BCUT2D eigenvalue weighted by atomic mass is 32.1. The summed E-state index contributed by atoms with van der Waals surface area (Å²) in [7, 11) is 0. The molecular formula is C22H26N2OS. The van der Waals surface area contributed by atoms with Crippen LogP contribution in [0.2, 0.25) is 0 Å². The van der Waals surface area contributed by atoms with Gasteiger partial charge in [-0.1, -0.05) is 38.1 Å². The van der Waals surface area contributed by atoms with Gasteiger partial charge in [0, 0.05) is 17.9 Å². The number of hydrogen-bond acceptors (Lipinski definition) is 4. The van der Waals surface area contributed by atoms with Crippen LogP contribution >= 0.6 is 11.3 Å². The lowest BCUT2D eigenvalue weighted by Crippen LogP contribution is -2.58. The topological polar surface area (TPSA) is 42.0 Å². The first-order valence-electron chi connectivity index (χ1n) is 9.76. The minimum absolute atomic E-state index is 0.0318. The maximum absolute atomic E-state index is 13.5. The first-order valence-corrected chi connectivity index (χ1v) is 10.6. The molecule has 0 saturated heterocycles. The van der Waals surface area contributed by atoms with Crippen molar-refractivity contribution in [3.8, 4) is 0 Å². The van der Waals surface area contributed by atoms with Crippen LogP contribution in [0.3, 0.4) is 0 Å². The number of nitrogens with zero attached hydrogens (tertiary/aromatic N) is 1. The number of benzene rings is 1. The van der Waals surface area contributed by atoms with Crippen molar-refractivity contribution in [3.63, 3.8) is 0 Å². The summed E-state index contributed by atoms with van der Waals surface area (Å²) in [6.07, 6.45) is 5.05. The van der Waals surface area contributed by atoms with Gasteiger partial charge in [0.05, 0.1) is 15.8 Å². The van der Waals surface area contributed by atoms with E-state index in [4.69, 9.17) is 4.98 Å². The van der Waals surface area contributed by atoms with Crippen molar-refractivity contribution in [1.29, 1.82) is 0 Å². The molecule has 0 bridgehead atoms. The maximum Gasteiger partial charge on any atom is 0.141 e. The third-order valence-electron chi connectivity index (χ3n) is 6.68. The smallest absolute Gasteiger partial charge is 0.141 e. The molecule has 0 radical (unpaired) electrons. The molecule has 0 amide bonds. The number of Topliss-reactive ketones (excluding diaryl/α,β-unsaturated/α-hetero) is 1. The van der Waals surface area contributed by atoms with Crippen LogP contribution in [0.4, 0.5) is 5.82 Å². The van der Waals surface area contributed by atoms with Crippen molar-refractivity contribution >= 4 is 22.9 Å².